The van der Waals surface area contributed by atoms with Gasteiger partial charge in [-0.1, -0.05) is 13.8 Å². The minimum Gasteiger partial charge on any atom is -0.358 e. The minimum absolute atomic E-state index is 0.405. The Hall–Kier alpha value is -1.14. The van der Waals surface area contributed by atoms with E-state index in [1.54, 1.807) is 4.52 Å². The van der Waals surface area contributed by atoms with Gasteiger partial charge in [0.15, 0.2) is 5.65 Å². The zero-order valence-electron chi connectivity index (χ0n) is 11.6. The van der Waals surface area contributed by atoms with E-state index in [1.165, 1.54) is 0 Å². The number of imidazole rings is 1. The molecule has 0 spiro atoms. The van der Waals surface area contributed by atoms with Crippen molar-refractivity contribution in [2.45, 2.75) is 26.8 Å². The van der Waals surface area contributed by atoms with E-state index < -0.39 is 0 Å². The maximum absolute atomic E-state index is 5.65. The highest BCUT2D eigenvalue weighted by atomic mass is 79.9. The van der Waals surface area contributed by atoms with Gasteiger partial charge in [-0.15, -0.1) is 5.10 Å². The van der Waals surface area contributed by atoms with E-state index in [0.29, 0.717) is 12.5 Å². The molecular weight excluding hydrogens is 306 g/mol. The second-order valence-electron chi connectivity index (χ2n) is 5.12. The number of rotatable bonds is 5. The summed E-state index contributed by atoms with van der Waals surface area (Å²) in [5.74, 6) is 1.63. The van der Waals surface area contributed by atoms with Crippen LogP contribution in [0.25, 0.3) is 5.65 Å². The number of nitrogens with zero attached hydrogens (tertiary/aromatic N) is 4. The molecule has 0 aliphatic heterocycles. The van der Waals surface area contributed by atoms with Crippen LogP contribution in [-0.4, -0.2) is 28.2 Å². The van der Waals surface area contributed by atoms with Gasteiger partial charge in [0.1, 0.15) is 10.4 Å². The molecule has 6 heteroatoms. The van der Waals surface area contributed by atoms with Crippen LogP contribution < -0.4 is 10.6 Å². The molecular formula is C13H20BrN5. The van der Waals surface area contributed by atoms with Gasteiger partial charge in [0.2, 0.25) is 0 Å². The highest BCUT2D eigenvalue weighted by Crippen LogP contribution is 2.20. The van der Waals surface area contributed by atoms with Crippen molar-refractivity contribution in [2.75, 3.05) is 18.5 Å². The molecule has 19 heavy (non-hydrogen) atoms. The summed E-state index contributed by atoms with van der Waals surface area (Å²) in [6.45, 7) is 5.85. The fraction of sp³-hybridized carbons (Fsp3) is 0.538. The molecule has 2 aromatic heterocycles. The zero-order chi connectivity index (χ0) is 14.0. The normalized spacial score (nSPS) is 11.5. The molecule has 0 aliphatic rings. The topological polar surface area (TPSA) is 59.5 Å². The van der Waals surface area contributed by atoms with E-state index in [-0.39, 0.29) is 0 Å². The third-order valence-electron chi connectivity index (χ3n) is 3.10. The Morgan fingerprint density at radius 2 is 2.16 bits per heavy atom. The van der Waals surface area contributed by atoms with Gasteiger partial charge in [-0.3, -0.25) is 0 Å². The average molecular weight is 326 g/mol. The third-order valence-corrected chi connectivity index (χ3v) is 3.89. The molecule has 0 amide bonds. The van der Waals surface area contributed by atoms with Crippen molar-refractivity contribution in [3.63, 3.8) is 0 Å². The number of fused-ring (bicyclic) bond motifs is 1. The van der Waals surface area contributed by atoms with Crippen LogP contribution in [0, 0.1) is 5.92 Å². The summed E-state index contributed by atoms with van der Waals surface area (Å²) in [5.41, 5.74) is 7.29. The summed E-state index contributed by atoms with van der Waals surface area (Å²) in [6, 6.07) is 3.97. The van der Waals surface area contributed by atoms with Crippen molar-refractivity contribution < 1.29 is 0 Å². The number of nitrogens with two attached hydrogens (primary N) is 1. The molecule has 0 aromatic carbocycles. The van der Waals surface area contributed by atoms with Crippen LogP contribution in [0.4, 0.5) is 5.82 Å². The maximum atomic E-state index is 5.65. The predicted octanol–water partition coefficient (Wildman–Crippen LogP) is 2.43. The Bertz CT molecular complexity index is 563. The molecule has 0 aliphatic carbocycles. The van der Waals surface area contributed by atoms with E-state index in [1.807, 2.05) is 12.1 Å². The first-order valence-electron chi connectivity index (χ1n) is 6.48. The van der Waals surface area contributed by atoms with Crippen molar-refractivity contribution in [1.82, 2.24) is 14.6 Å². The molecule has 0 saturated heterocycles. The van der Waals surface area contributed by atoms with Gasteiger partial charge in [-0.25, -0.2) is 9.50 Å². The Balaban J connectivity index is 2.27. The van der Waals surface area contributed by atoms with Crippen LogP contribution in [-0.2, 0) is 6.54 Å². The van der Waals surface area contributed by atoms with E-state index >= 15 is 0 Å². The first kappa shape index (κ1) is 14.3. The summed E-state index contributed by atoms with van der Waals surface area (Å²) < 4.78 is 2.63. The zero-order valence-corrected chi connectivity index (χ0v) is 13.2. The standard InChI is InChI=1S/C13H20BrN5/c1-9(2)6-7-18(3)12-5-4-11-16-10(8-15)13(14)19(11)17-12/h4-5,9H,6-8,15H2,1-3H3. The van der Waals surface area contributed by atoms with E-state index in [9.17, 15) is 0 Å². The fourth-order valence-electron chi connectivity index (χ4n) is 1.84. The fourth-order valence-corrected chi connectivity index (χ4v) is 2.35. The first-order valence-corrected chi connectivity index (χ1v) is 7.27. The number of anilines is 1. The Morgan fingerprint density at radius 1 is 1.42 bits per heavy atom. The lowest BCUT2D eigenvalue weighted by molar-refractivity contribution is 0.582. The van der Waals surface area contributed by atoms with Crippen LogP contribution in [0.5, 0.6) is 0 Å². The summed E-state index contributed by atoms with van der Waals surface area (Å²) in [5, 5.41) is 4.60. The largest absolute Gasteiger partial charge is 0.358 e. The molecule has 0 unspecified atom stereocenters. The molecule has 2 aromatic rings. The number of hydrogen-bond acceptors (Lipinski definition) is 4. The quantitative estimate of drug-likeness (QED) is 0.917. The van der Waals surface area contributed by atoms with Crippen molar-refractivity contribution in [2.24, 2.45) is 11.7 Å². The van der Waals surface area contributed by atoms with E-state index in [2.05, 4.69) is 51.8 Å². The monoisotopic (exact) mass is 325 g/mol. The highest BCUT2D eigenvalue weighted by molar-refractivity contribution is 9.10. The molecule has 0 fully saturated rings. The van der Waals surface area contributed by atoms with Gasteiger partial charge in [-0.05, 0) is 40.4 Å². The maximum Gasteiger partial charge on any atom is 0.155 e. The van der Waals surface area contributed by atoms with E-state index in [0.717, 1.165) is 34.7 Å². The van der Waals surface area contributed by atoms with Crippen LogP contribution >= 0.6 is 15.9 Å². The summed E-state index contributed by atoms with van der Waals surface area (Å²) in [4.78, 5) is 6.58. The number of hydrogen-bond donors (Lipinski definition) is 1. The third kappa shape index (κ3) is 3.06. The smallest absolute Gasteiger partial charge is 0.155 e. The van der Waals surface area contributed by atoms with Gasteiger partial charge in [0.25, 0.3) is 0 Å². The number of halogens is 1. The molecule has 5 nitrogen and oxygen atoms in total. The first-order chi connectivity index (χ1) is 9.02. The van der Waals surface area contributed by atoms with Gasteiger partial charge >= 0.3 is 0 Å². The molecule has 0 saturated carbocycles. The van der Waals surface area contributed by atoms with Gasteiger partial charge in [0, 0.05) is 20.1 Å². The lowest BCUT2D eigenvalue weighted by Gasteiger charge is -2.19. The van der Waals surface area contributed by atoms with Crippen LogP contribution in [0.3, 0.4) is 0 Å². The number of aromatic nitrogens is 3. The summed E-state index contributed by atoms with van der Waals surface area (Å²) in [6.07, 6.45) is 1.15. The molecule has 2 heterocycles. The Labute approximate surface area is 121 Å². The SMILES string of the molecule is CC(C)CCN(C)c1ccc2nc(CN)c(Br)n2n1. The van der Waals surface area contributed by atoms with Crippen LogP contribution in [0.2, 0.25) is 0 Å². The molecule has 0 atom stereocenters. The van der Waals surface area contributed by atoms with Crippen molar-refractivity contribution in [1.29, 1.82) is 0 Å². The van der Waals surface area contributed by atoms with E-state index in [4.69, 9.17) is 5.73 Å². The second-order valence-corrected chi connectivity index (χ2v) is 5.87. The molecule has 2 rings (SSSR count). The Kier molecular flexibility index (Phi) is 4.42. The molecule has 0 bridgehead atoms. The highest BCUT2D eigenvalue weighted by Gasteiger charge is 2.11. The summed E-state index contributed by atoms with van der Waals surface area (Å²) >= 11 is 3.50. The van der Waals surface area contributed by atoms with Gasteiger partial charge in [-0.2, -0.15) is 0 Å². The molecule has 0 radical (unpaired) electrons. The molecule has 104 valence electrons. The van der Waals surface area contributed by atoms with Crippen LogP contribution in [0.1, 0.15) is 26.0 Å². The van der Waals surface area contributed by atoms with Crippen molar-refractivity contribution in [3.8, 4) is 0 Å². The van der Waals surface area contributed by atoms with Crippen LogP contribution in [0.15, 0.2) is 16.7 Å². The predicted molar refractivity (Wildman–Crippen MR) is 81.3 cm³/mol. The lowest BCUT2D eigenvalue weighted by Crippen LogP contribution is -2.21. The summed E-state index contributed by atoms with van der Waals surface area (Å²) in [7, 11) is 2.06. The van der Waals surface area contributed by atoms with Gasteiger partial charge < -0.3 is 10.6 Å². The molecule has 2 N–H and O–H groups in total. The van der Waals surface area contributed by atoms with Crippen molar-refractivity contribution in [3.05, 3.63) is 22.4 Å². The Morgan fingerprint density at radius 3 is 2.79 bits per heavy atom. The van der Waals surface area contributed by atoms with Crippen molar-refractivity contribution >= 4 is 27.4 Å². The minimum atomic E-state index is 0.405. The second kappa shape index (κ2) is 5.88. The van der Waals surface area contributed by atoms with Gasteiger partial charge in [0.05, 0.1) is 5.69 Å². The average Bonchev–Trinajstić information content (AvgIpc) is 2.72. The lowest BCUT2D eigenvalue weighted by atomic mass is 10.1.